The van der Waals surface area contributed by atoms with Crippen LogP contribution in [-0.4, -0.2) is 18.4 Å². The van der Waals surface area contributed by atoms with Crippen molar-refractivity contribution in [2.75, 3.05) is 6.54 Å². The van der Waals surface area contributed by atoms with E-state index >= 15 is 0 Å². The zero-order valence-corrected chi connectivity index (χ0v) is 9.20. The van der Waals surface area contributed by atoms with Crippen LogP contribution in [0.25, 0.3) is 6.08 Å². The van der Waals surface area contributed by atoms with Crippen LogP contribution in [0.15, 0.2) is 36.4 Å². The van der Waals surface area contributed by atoms with Crippen LogP contribution in [0.1, 0.15) is 12.0 Å². The second kappa shape index (κ2) is 4.65. The number of hydrogen-bond acceptors (Lipinski definition) is 1. The highest BCUT2D eigenvalue weighted by atomic mass is 19.3. The number of amides is 1. The number of rotatable bonds is 4. The van der Waals surface area contributed by atoms with Crippen LogP contribution in [0.5, 0.6) is 0 Å². The van der Waals surface area contributed by atoms with Crippen LogP contribution in [-0.2, 0) is 4.79 Å². The highest BCUT2D eigenvalue weighted by molar-refractivity contribution is 5.91. The summed E-state index contributed by atoms with van der Waals surface area (Å²) in [5, 5.41) is 2.46. The monoisotopic (exact) mass is 237 g/mol. The van der Waals surface area contributed by atoms with Crippen molar-refractivity contribution in [1.82, 2.24) is 5.32 Å². The number of hydrogen-bond donors (Lipinski definition) is 1. The molecule has 0 aromatic heterocycles. The van der Waals surface area contributed by atoms with Gasteiger partial charge in [0.2, 0.25) is 5.91 Å². The van der Waals surface area contributed by atoms with E-state index in [1.807, 2.05) is 30.3 Å². The Kier molecular flexibility index (Phi) is 3.22. The zero-order chi connectivity index (χ0) is 12.3. The maximum atomic E-state index is 12.5. The fourth-order valence-corrected chi connectivity index (χ4v) is 1.51. The van der Waals surface area contributed by atoms with Crippen molar-refractivity contribution >= 4 is 12.0 Å². The second-order valence-electron chi connectivity index (χ2n) is 4.15. The molecule has 1 unspecified atom stereocenters. The minimum absolute atomic E-state index is 0.0466. The Morgan fingerprint density at radius 2 is 2.06 bits per heavy atom. The van der Waals surface area contributed by atoms with E-state index < -0.39 is 11.8 Å². The molecule has 0 saturated heterocycles. The van der Waals surface area contributed by atoms with Gasteiger partial charge in [0.15, 0.2) is 0 Å². The van der Waals surface area contributed by atoms with E-state index in [-0.39, 0.29) is 18.9 Å². The summed E-state index contributed by atoms with van der Waals surface area (Å²) in [5.74, 6) is -3.59. The maximum absolute atomic E-state index is 12.5. The molecular formula is C13H13F2NO. The van der Waals surface area contributed by atoms with Gasteiger partial charge >= 0.3 is 0 Å². The van der Waals surface area contributed by atoms with Gasteiger partial charge in [-0.1, -0.05) is 30.3 Å². The zero-order valence-electron chi connectivity index (χ0n) is 9.20. The summed E-state index contributed by atoms with van der Waals surface area (Å²) in [7, 11) is 0. The fraction of sp³-hybridized carbons (Fsp3) is 0.308. The van der Waals surface area contributed by atoms with Crippen molar-refractivity contribution < 1.29 is 13.6 Å². The van der Waals surface area contributed by atoms with Crippen molar-refractivity contribution in [1.29, 1.82) is 0 Å². The molecule has 1 aliphatic rings. The Labute approximate surface area is 98.3 Å². The quantitative estimate of drug-likeness (QED) is 0.801. The third-order valence-corrected chi connectivity index (χ3v) is 2.71. The van der Waals surface area contributed by atoms with E-state index in [2.05, 4.69) is 5.32 Å². The highest BCUT2D eigenvalue weighted by Crippen LogP contribution is 2.47. The predicted molar refractivity (Wildman–Crippen MR) is 61.5 cm³/mol. The van der Waals surface area contributed by atoms with Crippen LogP contribution in [0.4, 0.5) is 8.78 Å². The molecule has 4 heteroatoms. The van der Waals surface area contributed by atoms with E-state index in [1.54, 1.807) is 6.08 Å². The highest BCUT2D eigenvalue weighted by Gasteiger charge is 2.56. The minimum atomic E-state index is -2.57. The first-order valence-corrected chi connectivity index (χ1v) is 5.47. The molecule has 1 saturated carbocycles. The molecule has 0 radical (unpaired) electrons. The maximum Gasteiger partial charge on any atom is 0.253 e. The van der Waals surface area contributed by atoms with E-state index in [4.69, 9.17) is 0 Å². The van der Waals surface area contributed by atoms with Crippen LogP contribution >= 0.6 is 0 Å². The topological polar surface area (TPSA) is 29.1 Å². The van der Waals surface area contributed by atoms with Gasteiger partial charge in [-0.2, -0.15) is 0 Å². The third kappa shape index (κ3) is 3.37. The first-order chi connectivity index (χ1) is 8.08. The van der Waals surface area contributed by atoms with E-state index in [1.165, 1.54) is 6.08 Å². The van der Waals surface area contributed by atoms with Gasteiger partial charge in [0.1, 0.15) is 0 Å². The smallest absolute Gasteiger partial charge is 0.253 e. The lowest BCUT2D eigenvalue weighted by molar-refractivity contribution is -0.116. The van der Waals surface area contributed by atoms with E-state index in [0.29, 0.717) is 0 Å². The SMILES string of the molecule is O=C(C=Cc1ccccc1)NCC1CC1(F)F. The van der Waals surface area contributed by atoms with Crippen molar-refractivity contribution in [2.45, 2.75) is 12.3 Å². The molecule has 0 spiro atoms. The molecule has 1 aromatic rings. The summed E-state index contributed by atoms with van der Waals surface area (Å²) < 4.78 is 25.1. The molecule has 1 amide bonds. The predicted octanol–water partition coefficient (Wildman–Crippen LogP) is 2.47. The largest absolute Gasteiger partial charge is 0.352 e. The van der Waals surface area contributed by atoms with Crippen molar-refractivity contribution in [3.05, 3.63) is 42.0 Å². The minimum Gasteiger partial charge on any atom is -0.352 e. The van der Waals surface area contributed by atoms with Crippen LogP contribution in [0, 0.1) is 5.92 Å². The van der Waals surface area contributed by atoms with Gasteiger partial charge in [-0.3, -0.25) is 4.79 Å². The first kappa shape index (κ1) is 11.8. The summed E-state index contributed by atoms with van der Waals surface area (Å²) >= 11 is 0. The van der Waals surface area contributed by atoms with Crippen LogP contribution in [0.2, 0.25) is 0 Å². The number of benzene rings is 1. The summed E-state index contributed by atoms with van der Waals surface area (Å²) in [6, 6.07) is 9.33. The molecule has 1 aromatic carbocycles. The molecule has 90 valence electrons. The fourth-order valence-electron chi connectivity index (χ4n) is 1.51. The lowest BCUT2D eigenvalue weighted by Crippen LogP contribution is -2.24. The Morgan fingerprint density at radius 1 is 1.41 bits per heavy atom. The number of alkyl halides is 2. The summed E-state index contributed by atoms with van der Waals surface area (Å²) in [6.45, 7) is 0.0466. The molecule has 0 heterocycles. The molecule has 0 aliphatic heterocycles. The molecule has 2 rings (SSSR count). The molecular weight excluding hydrogens is 224 g/mol. The van der Waals surface area contributed by atoms with Crippen molar-refractivity contribution in [2.24, 2.45) is 5.92 Å². The van der Waals surface area contributed by atoms with Gasteiger partial charge in [0.25, 0.3) is 5.92 Å². The lowest BCUT2D eigenvalue weighted by atomic mass is 10.2. The summed E-state index contributed by atoms with van der Waals surface area (Å²) in [4.78, 5) is 11.3. The molecule has 1 N–H and O–H groups in total. The number of nitrogens with one attached hydrogen (secondary N) is 1. The van der Waals surface area contributed by atoms with Crippen LogP contribution in [0.3, 0.4) is 0 Å². The lowest BCUT2D eigenvalue weighted by Gasteiger charge is -2.00. The molecule has 2 nitrogen and oxygen atoms in total. The Hall–Kier alpha value is -1.71. The Balaban J connectivity index is 1.76. The van der Waals surface area contributed by atoms with Crippen LogP contribution < -0.4 is 5.32 Å². The Bertz CT molecular complexity index is 428. The molecule has 1 fully saturated rings. The Morgan fingerprint density at radius 3 is 2.65 bits per heavy atom. The molecule has 1 aliphatic carbocycles. The molecule has 17 heavy (non-hydrogen) atoms. The van der Waals surface area contributed by atoms with Crippen molar-refractivity contribution in [3.8, 4) is 0 Å². The first-order valence-electron chi connectivity index (χ1n) is 5.47. The van der Waals surface area contributed by atoms with Gasteiger partial charge in [-0.25, -0.2) is 8.78 Å². The van der Waals surface area contributed by atoms with Gasteiger partial charge in [-0.15, -0.1) is 0 Å². The van der Waals surface area contributed by atoms with Gasteiger partial charge < -0.3 is 5.32 Å². The molecule has 1 atom stereocenters. The summed E-state index contributed by atoms with van der Waals surface area (Å²) in [5.41, 5.74) is 0.902. The van der Waals surface area contributed by atoms with Gasteiger partial charge in [-0.05, 0) is 11.6 Å². The number of halogens is 2. The van der Waals surface area contributed by atoms with Gasteiger partial charge in [0.05, 0.1) is 0 Å². The normalized spacial score (nSPS) is 21.4. The van der Waals surface area contributed by atoms with Crippen molar-refractivity contribution in [3.63, 3.8) is 0 Å². The van der Waals surface area contributed by atoms with Gasteiger partial charge in [0, 0.05) is 25.0 Å². The molecule has 0 bridgehead atoms. The number of carbonyl (C=O) groups is 1. The standard InChI is InChI=1S/C13H13F2NO/c14-13(15)8-11(13)9-16-12(17)7-6-10-4-2-1-3-5-10/h1-7,11H,8-9H2,(H,16,17). The number of carbonyl (C=O) groups excluding carboxylic acids is 1. The third-order valence-electron chi connectivity index (χ3n) is 2.71. The van der Waals surface area contributed by atoms with E-state index in [0.717, 1.165) is 5.56 Å². The van der Waals surface area contributed by atoms with E-state index in [9.17, 15) is 13.6 Å². The average Bonchev–Trinajstić information content (AvgIpc) is 2.93. The second-order valence-corrected chi connectivity index (χ2v) is 4.15. The average molecular weight is 237 g/mol. The summed E-state index contributed by atoms with van der Waals surface area (Å²) in [6.07, 6.45) is 2.89.